The standard InChI is InChI=1S/C27H27O3P/c1-20(28)30-25-17-21-19-29-27(15-9-4-10-16-27)24(21)18-26(25)31(22-11-5-2-6-12-22)23-13-7-3-8-14-23/h2-3,5-8,11-14,17-18H,4,9-10,15-16,19H2,1H3. The zero-order valence-corrected chi connectivity index (χ0v) is 18.7. The molecule has 0 N–H and O–H groups in total. The van der Waals surface area contributed by atoms with Gasteiger partial charge in [-0.1, -0.05) is 79.9 Å². The molecule has 4 heteroatoms. The number of carbonyl (C=O) groups is 1. The highest BCUT2D eigenvalue weighted by molar-refractivity contribution is 7.80. The Bertz CT molecular complexity index is 1030. The van der Waals surface area contributed by atoms with Gasteiger partial charge in [0.2, 0.25) is 0 Å². The van der Waals surface area contributed by atoms with E-state index < -0.39 is 7.92 Å². The number of ether oxygens (including phenoxy) is 2. The highest BCUT2D eigenvalue weighted by atomic mass is 31.1. The van der Waals surface area contributed by atoms with E-state index >= 15 is 0 Å². The van der Waals surface area contributed by atoms with Gasteiger partial charge in [-0.2, -0.15) is 0 Å². The van der Waals surface area contributed by atoms with Crippen LogP contribution in [0.1, 0.15) is 50.2 Å². The van der Waals surface area contributed by atoms with Crippen molar-refractivity contribution in [2.24, 2.45) is 0 Å². The molecule has 2 aliphatic rings. The normalized spacial score (nSPS) is 17.0. The molecule has 5 rings (SSSR count). The lowest BCUT2D eigenvalue weighted by molar-refractivity contribution is -0.131. The van der Waals surface area contributed by atoms with Gasteiger partial charge < -0.3 is 9.47 Å². The molecule has 0 bridgehead atoms. The van der Waals surface area contributed by atoms with Crippen molar-refractivity contribution in [1.29, 1.82) is 0 Å². The van der Waals surface area contributed by atoms with E-state index in [4.69, 9.17) is 9.47 Å². The van der Waals surface area contributed by atoms with Crippen LogP contribution in [0.5, 0.6) is 5.75 Å². The molecule has 0 unspecified atom stereocenters. The van der Waals surface area contributed by atoms with Gasteiger partial charge in [0.15, 0.2) is 0 Å². The van der Waals surface area contributed by atoms with E-state index in [1.807, 2.05) is 12.1 Å². The third-order valence-electron chi connectivity index (χ3n) is 6.36. The van der Waals surface area contributed by atoms with Gasteiger partial charge in [-0.25, -0.2) is 0 Å². The molecule has 31 heavy (non-hydrogen) atoms. The van der Waals surface area contributed by atoms with Gasteiger partial charge in [0.1, 0.15) is 5.75 Å². The minimum atomic E-state index is -0.874. The van der Waals surface area contributed by atoms with Gasteiger partial charge in [0.05, 0.1) is 12.2 Å². The minimum Gasteiger partial charge on any atom is -0.426 e. The third-order valence-corrected chi connectivity index (χ3v) is 8.82. The molecule has 1 fully saturated rings. The summed E-state index contributed by atoms with van der Waals surface area (Å²) in [5.41, 5.74) is 2.29. The molecule has 0 aromatic heterocycles. The molecular formula is C27H27O3P. The van der Waals surface area contributed by atoms with Crippen molar-refractivity contribution < 1.29 is 14.3 Å². The first-order valence-corrected chi connectivity index (χ1v) is 12.4. The fourth-order valence-electron chi connectivity index (χ4n) is 4.98. The van der Waals surface area contributed by atoms with Gasteiger partial charge in [-0.3, -0.25) is 4.79 Å². The van der Waals surface area contributed by atoms with Crippen molar-refractivity contribution in [2.45, 2.75) is 51.2 Å². The summed E-state index contributed by atoms with van der Waals surface area (Å²) in [7, 11) is -0.874. The van der Waals surface area contributed by atoms with Crippen LogP contribution in [0.4, 0.5) is 0 Å². The molecule has 0 atom stereocenters. The molecule has 0 saturated heterocycles. The number of esters is 1. The smallest absolute Gasteiger partial charge is 0.308 e. The second kappa shape index (κ2) is 8.57. The number of carbonyl (C=O) groups excluding carboxylic acids is 1. The van der Waals surface area contributed by atoms with E-state index in [2.05, 4.69) is 60.7 Å². The number of benzene rings is 3. The van der Waals surface area contributed by atoms with E-state index in [1.165, 1.54) is 42.4 Å². The highest BCUT2D eigenvalue weighted by Crippen LogP contribution is 2.49. The largest absolute Gasteiger partial charge is 0.426 e. The van der Waals surface area contributed by atoms with Crippen LogP contribution in [0, 0.1) is 0 Å². The van der Waals surface area contributed by atoms with E-state index in [-0.39, 0.29) is 11.6 Å². The number of rotatable bonds is 4. The van der Waals surface area contributed by atoms with Crippen molar-refractivity contribution in [3.05, 3.63) is 83.9 Å². The van der Waals surface area contributed by atoms with Gasteiger partial charge in [0.25, 0.3) is 0 Å². The van der Waals surface area contributed by atoms with Crippen LogP contribution in [0.15, 0.2) is 72.8 Å². The molecule has 1 spiro atoms. The summed E-state index contributed by atoms with van der Waals surface area (Å²) in [6.07, 6.45) is 5.82. The Labute approximate surface area is 185 Å². The zero-order chi connectivity index (χ0) is 21.3. The van der Waals surface area contributed by atoms with Crippen LogP contribution in [0.25, 0.3) is 0 Å². The maximum absolute atomic E-state index is 12.0. The summed E-state index contributed by atoms with van der Waals surface area (Å²) in [6.45, 7) is 2.07. The second-order valence-corrected chi connectivity index (χ2v) is 10.6. The predicted octanol–water partition coefficient (Wildman–Crippen LogP) is 5.06. The van der Waals surface area contributed by atoms with Gasteiger partial charge in [0, 0.05) is 12.2 Å². The van der Waals surface area contributed by atoms with Crippen molar-refractivity contribution in [3.63, 3.8) is 0 Å². The predicted molar refractivity (Wildman–Crippen MR) is 126 cm³/mol. The first kappa shape index (κ1) is 20.4. The monoisotopic (exact) mass is 430 g/mol. The molecule has 1 aliphatic heterocycles. The molecule has 0 radical (unpaired) electrons. The molecular weight excluding hydrogens is 403 g/mol. The molecule has 1 saturated carbocycles. The van der Waals surface area contributed by atoms with Crippen LogP contribution in [0.3, 0.4) is 0 Å². The Hall–Kier alpha value is -2.48. The fraction of sp³-hybridized carbons (Fsp3) is 0.296. The van der Waals surface area contributed by atoms with E-state index in [0.717, 1.165) is 23.7 Å². The van der Waals surface area contributed by atoms with Crippen LogP contribution < -0.4 is 20.7 Å². The average molecular weight is 430 g/mol. The number of hydrogen-bond acceptors (Lipinski definition) is 3. The summed E-state index contributed by atoms with van der Waals surface area (Å²) in [5.74, 6) is 0.380. The number of hydrogen-bond donors (Lipinski definition) is 0. The average Bonchev–Trinajstić information content (AvgIpc) is 3.12. The Morgan fingerprint density at radius 2 is 1.52 bits per heavy atom. The fourth-order valence-corrected chi connectivity index (χ4v) is 7.36. The SMILES string of the molecule is CC(=O)Oc1cc2c(cc1P(c1ccccc1)c1ccccc1)C1(CCCCC1)OC2. The van der Waals surface area contributed by atoms with Gasteiger partial charge >= 0.3 is 5.97 Å². The lowest BCUT2D eigenvalue weighted by Crippen LogP contribution is -2.30. The topological polar surface area (TPSA) is 35.5 Å². The van der Waals surface area contributed by atoms with E-state index in [0.29, 0.717) is 12.4 Å². The zero-order valence-electron chi connectivity index (χ0n) is 17.8. The molecule has 3 nitrogen and oxygen atoms in total. The summed E-state index contributed by atoms with van der Waals surface area (Å²) >= 11 is 0. The first-order valence-electron chi connectivity index (χ1n) is 11.1. The molecule has 1 heterocycles. The lowest BCUT2D eigenvalue weighted by Gasteiger charge is -2.34. The van der Waals surface area contributed by atoms with Crippen molar-refractivity contribution >= 4 is 29.8 Å². The molecule has 158 valence electrons. The van der Waals surface area contributed by atoms with Gasteiger partial charge in [-0.05, 0) is 54.6 Å². The first-order chi connectivity index (χ1) is 15.2. The lowest BCUT2D eigenvalue weighted by atomic mass is 9.79. The van der Waals surface area contributed by atoms with E-state index in [9.17, 15) is 4.79 Å². The Kier molecular flexibility index (Phi) is 5.65. The van der Waals surface area contributed by atoms with Gasteiger partial charge in [-0.15, -0.1) is 0 Å². The quantitative estimate of drug-likeness (QED) is 0.330. The Morgan fingerprint density at radius 1 is 0.903 bits per heavy atom. The van der Waals surface area contributed by atoms with Crippen molar-refractivity contribution in [2.75, 3.05) is 0 Å². The molecule has 0 amide bonds. The van der Waals surface area contributed by atoms with Crippen LogP contribution in [-0.4, -0.2) is 5.97 Å². The summed E-state index contributed by atoms with van der Waals surface area (Å²) in [4.78, 5) is 12.0. The molecule has 3 aromatic carbocycles. The van der Waals surface area contributed by atoms with E-state index in [1.54, 1.807) is 0 Å². The van der Waals surface area contributed by atoms with Crippen molar-refractivity contribution in [1.82, 2.24) is 0 Å². The maximum atomic E-state index is 12.0. The minimum absolute atomic E-state index is 0.175. The number of fused-ring (bicyclic) bond motifs is 2. The van der Waals surface area contributed by atoms with Crippen molar-refractivity contribution in [3.8, 4) is 5.75 Å². The summed E-state index contributed by atoms with van der Waals surface area (Å²) in [5, 5.41) is 3.58. The third kappa shape index (κ3) is 3.93. The Morgan fingerprint density at radius 3 is 2.10 bits per heavy atom. The second-order valence-electron chi connectivity index (χ2n) is 8.42. The van der Waals surface area contributed by atoms with Crippen LogP contribution >= 0.6 is 7.92 Å². The Balaban J connectivity index is 1.71. The van der Waals surface area contributed by atoms with Crippen LogP contribution in [0.2, 0.25) is 0 Å². The maximum Gasteiger partial charge on any atom is 0.308 e. The molecule has 1 aliphatic carbocycles. The van der Waals surface area contributed by atoms with Crippen LogP contribution in [-0.2, 0) is 21.7 Å². The summed E-state index contributed by atoms with van der Waals surface area (Å²) in [6, 6.07) is 25.5. The summed E-state index contributed by atoms with van der Waals surface area (Å²) < 4.78 is 12.2. The molecule has 3 aromatic rings. The highest BCUT2D eigenvalue weighted by Gasteiger charge is 2.42.